The van der Waals surface area contributed by atoms with Crippen molar-refractivity contribution in [2.45, 2.75) is 50.9 Å². The predicted molar refractivity (Wildman–Crippen MR) is 149 cm³/mol. The van der Waals surface area contributed by atoms with Crippen molar-refractivity contribution in [3.05, 3.63) is 71.4 Å². The fraction of sp³-hybridized carbons (Fsp3) is 0.400. The number of Topliss-reactive ketones (excluding diaryl/α,β-unsaturated/α-hetero) is 1. The highest BCUT2D eigenvalue weighted by molar-refractivity contribution is 7.17. The average molecular weight is 535 g/mol. The second-order valence-corrected chi connectivity index (χ2v) is 10.8. The summed E-state index contributed by atoms with van der Waals surface area (Å²) in [5.74, 6) is -2.93. The topological polar surface area (TPSA) is 108 Å². The Balaban J connectivity index is 0.000000505. The lowest BCUT2D eigenvalue weighted by atomic mass is 9.78. The van der Waals surface area contributed by atoms with Crippen LogP contribution in [0.15, 0.2) is 60.2 Å². The van der Waals surface area contributed by atoms with Crippen LogP contribution in [-0.2, 0) is 14.4 Å². The molecular formula is C30H34N2O5S. The molecule has 1 atom stereocenters. The van der Waals surface area contributed by atoms with E-state index in [2.05, 4.69) is 45.6 Å². The fourth-order valence-corrected chi connectivity index (χ4v) is 6.41. The van der Waals surface area contributed by atoms with Gasteiger partial charge in [-0.15, -0.1) is 11.3 Å². The zero-order valence-electron chi connectivity index (χ0n) is 21.4. The van der Waals surface area contributed by atoms with Gasteiger partial charge in [-0.2, -0.15) is 0 Å². The number of aromatic nitrogens is 1. The molecule has 0 spiro atoms. The van der Waals surface area contributed by atoms with E-state index >= 15 is 0 Å². The fourth-order valence-electron chi connectivity index (χ4n) is 5.46. The number of benzene rings is 1. The first-order valence-electron chi connectivity index (χ1n) is 13.2. The minimum atomic E-state index is -1.82. The molecule has 0 bridgehead atoms. The van der Waals surface area contributed by atoms with Gasteiger partial charge in [0.25, 0.3) is 0 Å². The van der Waals surface area contributed by atoms with Gasteiger partial charge in [0.05, 0.1) is 0 Å². The summed E-state index contributed by atoms with van der Waals surface area (Å²) < 4.78 is 1.41. The quantitative estimate of drug-likeness (QED) is 0.365. The molecule has 0 amide bonds. The molecule has 7 nitrogen and oxygen atoms in total. The van der Waals surface area contributed by atoms with Crippen molar-refractivity contribution in [3.8, 4) is 0 Å². The summed E-state index contributed by atoms with van der Waals surface area (Å²) in [5, 5.41) is 18.3. The zero-order chi connectivity index (χ0) is 26.9. The second-order valence-electron chi connectivity index (χ2n) is 9.89. The molecule has 1 aliphatic carbocycles. The number of ketones is 1. The number of nitrogens with zero attached hydrogens (tertiary/aromatic N) is 2. The van der Waals surface area contributed by atoms with Crippen LogP contribution >= 0.6 is 11.3 Å². The molecule has 200 valence electrons. The van der Waals surface area contributed by atoms with Crippen molar-refractivity contribution in [1.29, 1.82) is 0 Å². The minimum absolute atomic E-state index is 0.00587. The largest absolute Gasteiger partial charge is 0.473 e. The Morgan fingerprint density at radius 1 is 1.00 bits per heavy atom. The Kier molecular flexibility index (Phi) is 9.79. The van der Waals surface area contributed by atoms with Gasteiger partial charge in [0, 0.05) is 42.0 Å². The number of fused-ring (bicyclic) bond motifs is 1. The molecule has 1 aliphatic heterocycles. The maximum atomic E-state index is 13.5. The number of carboxylic acids is 2. The zero-order valence-corrected chi connectivity index (χ0v) is 22.2. The van der Waals surface area contributed by atoms with E-state index in [-0.39, 0.29) is 11.8 Å². The Bertz CT molecular complexity index is 1270. The Morgan fingerprint density at radius 2 is 1.74 bits per heavy atom. The number of thiophene rings is 1. The molecule has 2 aromatic heterocycles. The van der Waals surface area contributed by atoms with E-state index < -0.39 is 11.9 Å². The third-order valence-electron chi connectivity index (χ3n) is 7.49. The Labute approximate surface area is 226 Å². The van der Waals surface area contributed by atoms with Crippen LogP contribution < -0.4 is 0 Å². The lowest BCUT2D eigenvalue weighted by Gasteiger charge is -2.30. The van der Waals surface area contributed by atoms with Crippen LogP contribution in [0.25, 0.3) is 15.7 Å². The molecule has 1 fully saturated rings. The highest BCUT2D eigenvalue weighted by Gasteiger charge is 2.29. The summed E-state index contributed by atoms with van der Waals surface area (Å²) >= 11 is 1.84. The molecule has 3 heterocycles. The van der Waals surface area contributed by atoms with Gasteiger partial charge >= 0.3 is 11.9 Å². The summed E-state index contributed by atoms with van der Waals surface area (Å²) in [6, 6.07) is 12.9. The summed E-state index contributed by atoms with van der Waals surface area (Å²) in [7, 11) is 0. The van der Waals surface area contributed by atoms with E-state index in [4.69, 9.17) is 19.8 Å². The molecule has 2 N–H and O–H groups in total. The molecule has 3 aromatic rings. The van der Waals surface area contributed by atoms with Gasteiger partial charge in [-0.1, -0.05) is 43.5 Å². The lowest BCUT2D eigenvalue weighted by molar-refractivity contribution is -0.159. The lowest BCUT2D eigenvalue weighted by Crippen LogP contribution is -2.32. The third kappa shape index (κ3) is 7.14. The molecule has 38 heavy (non-hydrogen) atoms. The average Bonchev–Trinajstić information content (AvgIpc) is 3.44. The van der Waals surface area contributed by atoms with Crippen LogP contribution in [0.5, 0.6) is 0 Å². The minimum Gasteiger partial charge on any atom is -0.473 e. The highest BCUT2D eigenvalue weighted by atomic mass is 32.1. The van der Waals surface area contributed by atoms with Crippen molar-refractivity contribution in [2.75, 3.05) is 19.6 Å². The number of rotatable bonds is 7. The number of aliphatic carboxylic acids is 2. The van der Waals surface area contributed by atoms with Crippen LogP contribution in [-0.4, -0.2) is 57.5 Å². The van der Waals surface area contributed by atoms with Crippen molar-refractivity contribution in [3.63, 3.8) is 0 Å². The molecule has 2 aliphatic rings. The van der Waals surface area contributed by atoms with Crippen molar-refractivity contribution >= 4 is 44.7 Å². The Morgan fingerprint density at radius 3 is 2.39 bits per heavy atom. The van der Waals surface area contributed by atoms with Gasteiger partial charge in [-0.3, -0.25) is 14.7 Å². The number of pyridine rings is 1. The molecule has 1 aromatic carbocycles. The van der Waals surface area contributed by atoms with Crippen LogP contribution in [0.3, 0.4) is 0 Å². The molecular weight excluding hydrogens is 500 g/mol. The van der Waals surface area contributed by atoms with E-state index in [0.717, 1.165) is 50.9 Å². The van der Waals surface area contributed by atoms with E-state index in [1.54, 1.807) is 0 Å². The first-order valence-corrected chi connectivity index (χ1v) is 14.1. The summed E-state index contributed by atoms with van der Waals surface area (Å²) in [5.41, 5.74) is 4.02. The summed E-state index contributed by atoms with van der Waals surface area (Å²) in [6.07, 6.45) is 13.9. The van der Waals surface area contributed by atoms with Gasteiger partial charge in [0.1, 0.15) is 5.78 Å². The second kappa shape index (κ2) is 13.4. The van der Waals surface area contributed by atoms with Gasteiger partial charge in [0.2, 0.25) is 0 Å². The predicted octanol–water partition coefficient (Wildman–Crippen LogP) is 5.86. The van der Waals surface area contributed by atoms with Gasteiger partial charge in [-0.05, 0) is 77.9 Å². The van der Waals surface area contributed by atoms with Crippen LogP contribution in [0.1, 0.15) is 62.0 Å². The number of carboxylic acid groups (broad SMARTS) is 2. The molecule has 0 saturated heterocycles. The smallest absolute Gasteiger partial charge is 0.414 e. The standard InChI is InChI=1S/C28H32N2OS.C2H2O4/c31-27(23-5-2-1-3-6-23)25(21-9-15-29-16-10-21)13-19-30-17-11-22(12-18-30)26-8-4-7-24-14-20-32-28(24)26;3-1(4)2(5)6/h4,7-11,14-16,20,23,25H,1-3,5-6,12-13,17-19H2;(H,3,4)(H,5,6). The van der Waals surface area contributed by atoms with Crippen molar-refractivity contribution in [2.24, 2.45) is 5.92 Å². The summed E-state index contributed by atoms with van der Waals surface area (Å²) in [6.45, 7) is 3.00. The number of carbonyl (C=O) groups excluding carboxylic acids is 1. The van der Waals surface area contributed by atoms with E-state index in [9.17, 15) is 4.79 Å². The summed E-state index contributed by atoms with van der Waals surface area (Å²) in [4.78, 5) is 38.3. The van der Waals surface area contributed by atoms with Crippen LogP contribution in [0.4, 0.5) is 0 Å². The van der Waals surface area contributed by atoms with E-state index in [1.165, 1.54) is 40.5 Å². The molecule has 1 unspecified atom stereocenters. The van der Waals surface area contributed by atoms with Crippen molar-refractivity contribution in [1.82, 2.24) is 9.88 Å². The normalized spacial score (nSPS) is 17.2. The first-order chi connectivity index (χ1) is 18.4. The van der Waals surface area contributed by atoms with E-state index in [1.807, 2.05) is 35.9 Å². The molecule has 0 radical (unpaired) electrons. The molecule has 8 heteroatoms. The number of hydrogen-bond donors (Lipinski definition) is 2. The van der Waals surface area contributed by atoms with Gasteiger partial charge < -0.3 is 10.2 Å². The van der Waals surface area contributed by atoms with Gasteiger partial charge in [0.15, 0.2) is 0 Å². The maximum Gasteiger partial charge on any atom is 0.414 e. The van der Waals surface area contributed by atoms with Crippen molar-refractivity contribution < 1.29 is 24.6 Å². The highest BCUT2D eigenvalue weighted by Crippen LogP contribution is 2.34. The number of carbonyl (C=O) groups is 3. The third-order valence-corrected chi connectivity index (χ3v) is 8.46. The monoisotopic (exact) mass is 534 g/mol. The van der Waals surface area contributed by atoms with Crippen LogP contribution in [0.2, 0.25) is 0 Å². The maximum absolute atomic E-state index is 13.5. The molecule has 1 saturated carbocycles. The molecule has 5 rings (SSSR count). The SMILES string of the molecule is O=C(C1CCCCC1)C(CCN1CC=C(c2cccc3ccsc23)CC1)c1ccncc1.O=C(O)C(=O)O. The first kappa shape index (κ1) is 27.7. The van der Waals surface area contributed by atoms with Gasteiger partial charge in [-0.25, -0.2) is 9.59 Å². The van der Waals surface area contributed by atoms with E-state index in [0.29, 0.717) is 5.78 Å². The number of hydrogen-bond acceptors (Lipinski definition) is 6. The Hall–Kier alpha value is -3.36. The van der Waals surface area contributed by atoms with Crippen LogP contribution in [0, 0.1) is 5.92 Å².